The molecule has 2 heterocycles. The number of nitrogens with zero attached hydrogens (tertiary/aromatic N) is 3. The van der Waals surface area contributed by atoms with Crippen LogP contribution in [0.1, 0.15) is 54.6 Å². The van der Waals surface area contributed by atoms with Crippen molar-refractivity contribution < 1.29 is 65.4 Å². The topological polar surface area (TPSA) is 250 Å². The third-order valence-corrected chi connectivity index (χ3v) is 15.3. The van der Waals surface area contributed by atoms with Crippen LogP contribution >= 0.6 is 15.2 Å². The van der Waals surface area contributed by atoms with Gasteiger partial charge < -0.3 is 48.5 Å². The molecule has 8 aromatic rings. The van der Waals surface area contributed by atoms with Crippen LogP contribution in [-0.4, -0.2) is 77.9 Å². The molecule has 18 nitrogen and oxygen atoms in total. The zero-order valence-electron chi connectivity index (χ0n) is 39.4. The van der Waals surface area contributed by atoms with Crippen molar-refractivity contribution in [3.05, 3.63) is 203 Å². The van der Waals surface area contributed by atoms with E-state index >= 15 is 8.78 Å². The number of carbonyl (C=O) groups is 4. The van der Waals surface area contributed by atoms with Gasteiger partial charge in [0.1, 0.15) is 12.1 Å². The number of fused-ring (bicyclic) bond motifs is 2. The lowest BCUT2D eigenvalue weighted by molar-refractivity contribution is -0.139. The van der Waals surface area contributed by atoms with E-state index in [-0.39, 0.29) is 59.6 Å². The van der Waals surface area contributed by atoms with Crippen LogP contribution in [0, 0.1) is 0 Å². The number of hydrogen-bond acceptors (Lipinski definition) is 12. The molecule has 0 aliphatic heterocycles. The number of H-pyrrole nitrogens is 1. The first-order valence-corrected chi connectivity index (χ1v) is 26.3. The van der Waals surface area contributed by atoms with E-state index in [1.165, 1.54) is 43.4 Å². The number of carbonyl (C=O) groups excluding carboxylic acids is 2. The molecule has 0 aliphatic rings. The maximum absolute atomic E-state index is 16.5. The Morgan fingerprint density at radius 1 is 0.581 bits per heavy atom. The molecule has 5 N–H and O–H groups in total. The number of nitrogens with one attached hydrogen (secondary N) is 3. The van der Waals surface area contributed by atoms with Crippen LogP contribution in [-0.2, 0) is 76.2 Å². The molecule has 0 saturated heterocycles. The average Bonchev–Trinajstić information content (AvgIpc) is 4.01. The summed E-state index contributed by atoms with van der Waals surface area (Å²) in [6, 6.07) is 38.9. The van der Waals surface area contributed by atoms with Crippen molar-refractivity contribution in [1.82, 2.24) is 30.2 Å². The summed E-state index contributed by atoms with van der Waals surface area (Å²) in [5.74, 6) is -10.5. The zero-order valence-corrected chi connectivity index (χ0v) is 41.2. The second kappa shape index (κ2) is 23.0. The molecule has 0 bridgehead atoms. The number of benzene rings is 6. The molecule has 6 aromatic carbocycles. The van der Waals surface area contributed by atoms with E-state index in [1.807, 2.05) is 0 Å². The summed E-state index contributed by atoms with van der Waals surface area (Å²) < 4.78 is 85.2. The fourth-order valence-electron chi connectivity index (χ4n) is 7.59. The largest absolute Gasteiger partial charge is 0.480 e. The zero-order chi connectivity index (χ0) is 52.5. The molecule has 0 spiro atoms. The second-order valence-corrected chi connectivity index (χ2v) is 21.1. The minimum Gasteiger partial charge on any atom is -0.480 e. The molecule has 0 saturated carbocycles. The predicted octanol–water partition coefficient (Wildman–Crippen LogP) is 9.21. The summed E-state index contributed by atoms with van der Waals surface area (Å²) in [5, 5.41) is 25.1. The van der Waals surface area contributed by atoms with E-state index in [2.05, 4.69) is 25.6 Å². The SMILES string of the molecule is Cn1c(C(F)(F)c2nc3ccc(C(=O)NC(CP(=O)(OCc4ccccc4)OCc4ccccc4)C(=O)O)cc3[nH]2)nc2ccc(C(=O)NC(CP(=O)(OCc3ccccc3)OCc3ccccc3)C(=O)O)cc21. The monoisotopic (exact) mass is 1050 g/mol. The van der Waals surface area contributed by atoms with Gasteiger partial charge in [-0.1, -0.05) is 121 Å². The summed E-state index contributed by atoms with van der Waals surface area (Å²) in [5.41, 5.74) is 2.39. The number of aromatic nitrogens is 4. The first-order chi connectivity index (χ1) is 35.5. The van der Waals surface area contributed by atoms with Crippen molar-refractivity contribution in [2.45, 2.75) is 44.4 Å². The predicted molar refractivity (Wildman–Crippen MR) is 267 cm³/mol. The van der Waals surface area contributed by atoms with E-state index in [4.69, 9.17) is 18.1 Å². The van der Waals surface area contributed by atoms with Crippen molar-refractivity contribution in [2.24, 2.45) is 7.05 Å². The van der Waals surface area contributed by atoms with Gasteiger partial charge in [-0.3, -0.25) is 18.7 Å². The van der Waals surface area contributed by atoms with Gasteiger partial charge in [0, 0.05) is 18.2 Å². The fourth-order valence-corrected chi connectivity index (χ4v) is 10.9. The summed E-state index contributed by atoms with van der Waals surface area (Å²) in [7, 11) is -7.15. The standard InChI is InChI=1S/C52H48F2N6O12P2/c1-60-45-27-39(47(62)56-44(49(65)66)33-74(68,71-30-36-18-10-4-11-19-36)72-31-37-20-12-5-13-21-37)23-25-41(45)59-51(60)52(53,54)50-57-40-24-22-38(26-42(40)58-50)46(61)55-43(48(63)64)32-73(67,69-28-34-14-6-2-7-15-34)70-29-35-16-8-3-9-17-35/h2-27,43-44H,28-33H2,1H3,(H,55,61)(H,56,62)(H,57,58)(H,63,64)(H,65,66). The van der Waals surface area contributed by atoms with E-state index in [0.717, 1.165) is 4.57 Å². The summed E-state index contributed by atoms with van der Waals surface area (Å²) in [6.45, 7) is -0.706. The molecule has 74 heavy (non-hydrogen) atoms. The minimum absolute atomic E-state index is 0.0188. The quantitative estimate of drug-likeness (QED) is 0.0354. The third-order valence-electron chi connectivity index (χ3n) is 11.6. The Balaban J connectivity index is 0.965. The molecule has 382 valence electrons. The lowest BCUT2D eigenvalue weighted by atomic mass is 10.1. The van der Waals surface area contributed by atoms with Crippen LogP contribution in [0.3, 0.4) is 0 Å². The number of alkyl halides is 2. The smallest absolute Gasteiger partial charge is 0.361 e. The third kappa shape index (κ3) is 13.1. The number of aromatic amines is 1. The van der Waals surface area contributed by atoms with Crippen molar-refractivity contribution in [3.63, 3.8) is 0 Å². The summed E-state index contributed by atoms with van der Waals surface area (Å²) in [4.78, 5) is 63.0. The first-order valence-electron chi connectivity index (χ1n) is 22.8. The molecule has 2 atom stereocenters. The Kier molecular flexibility index (Phi) is 16.4. The van der Waals surface area contributed by atoms with Crippen molar-refractivity contribution >= 4 is 61.0 Å². The highest BCUT2D eigenvalue weighted by atomic mass is 31.2. The molecule has 2 aromatic heterocycles. The maximum Gasteiger partial charge on any atom is 0.361 e. The van der Waals surface area contributed by atoms with E-state index in [1.54, 1.807) is 121 Å². The van der Waals surface area contributed by atoms with Gasteiger partial charge in [-0.05, 0) is 58.7 Å². The molecule has 2 amide bonds. The molecule has 0 aliphatic carbocycles. The van der Waals surface area contributed by atoms with Gasteiger partial charge in [-0.2, -0.15) is 8.78 Å². The van der Waals surface area contributed by atoms with Gasteiger partial charge in [0.25, 0.3) is 11.8 Å². The normalized spacial score (nSPS) is 12.9. The van der Waals surface area contributed by atoms with Crippen molar-refractivity contribution in [1.29, 1.82) is 0 Å². The number of aryl methyl sites for hydroxylation is 1. The van der Waals surface area contributed by atoms with Crippen LogP contribution < -0.4 is 10.6 Å². The van der Waals surface area contributed by atoms with E-state index in [0.29, 0.717) is 22.3 Å². The molecule has 8 rings (SSSR count). The minimum atomic E-state index is -4.22. The molecule has 22 heteroatoms. The Morgan fingerprint density at radius 3 is 1.35 bits per heavy atom. The highest BCUT2D eigenvalue weighted by Gasteiger charge is 2.43. The number of carboxylic acids is 2. The number of imidazole rings is 2. The first kappa shape index (κ1) is 52.6. The Hall–Kier alpha value is -7.70. The molecule has 0 fully saturated rings. The molecule has 2 unspecified atom stereocenters. The van der Waals surface area contributed by atoms with Gasteiger partial charge in [-0.15, -0.1) is 0 Å². The van der Waals surface area contributed by atoms with Crippen molar-refractivity contribution in [2.75, 3.05) is 12.3 Å². The van der Waals surface area contributed by atoms with Gasteiger partial charge >= 0.3 is 33.1 Å². The molecular formula is C52H48F2N6O12P2. The summed E-state index contributed by atoms with van der Waals surface area (Å²) >= 11 is 0. The molecular weight excluding hydrogens is 1000 g/mol. The number of rotatable bonds is 24. The van der Waals surface area contributed by atoms with Gasteiger partial charge in [0.15, 0.2) is 11.6 Å². The van der Waals surface area contributed by atoms with Gasteiger partial charge in [-0.25, -0.2) is 19.6 Å². The summed E-state index contributed by atoms with van der Waals surface area (Å²) in [6.07, 6.45) is -1.49. The van der Waals surface area contributed by atoms with Crippen LogP contribution in [0.5, 0.6) is 0 Å². The Morgan fingerprint density at radius 2 is 0.959 bits per heavy atom. The lowest BCUT2D eigenvalue weighted by Gasteiger charge is -2.23. The van der Waals surface area contributed by atoms with Crippen LogP contribution in [0.25, 0.3) is 22.1 Å². The van der Waals surface area contributed by atoms with Gasteiger partial charge in [0.2, 0.25) is 0 Å². The van der Waals surface area contributed by atoms with Gasteiger partial charge in [0.05, 0.1) is 60.8 Å². The Bertz CT molecular complexity index is 3290. The van der Waals surface area contributed by atoms with Crippen LogP contribution in [0.15, 0.2) is 158 Å². The van der Waals surface area contributed by atoms with E-state index in [9.17, 15) is 38.5 Å². The van der Waals surface area contributed by atoms with E-state index < -0.39 is 80.9 Å². The number of carboxylic acid groups (broad SMARTS) is 2. The molecule has 0 radical (unpaired) electrons. The Labute approximate surface area is 421 Å². The number of halogens is 2. The number of aliphatic carboxylic acids is 2. The van der Waals surface area contributed by atoms with Crippen LogP contribution in [0.4, 0.5) is 8.78 Å². The highest BCUT2D eigenvalue weighted by Crippen LogP contribution is 2.51. The fraction of sp³-hybridized carbons (Fsp3) is 0.192. The van der Waals surface area contributed by atoms with Crippen molar-refractivity contribution in [3.8, 4) is 0 Å². The number of hydrogen-bond donors (Lipinski definition) is 5. The highest BCUT2D eigenvalue weighted by molar-refractivity contribution is 7.54. The van der Waals surface area contributed by atoms with Crippen LogP contribution in [0.2, 0.25) is 0 Å². The second-order valence-electron chi connectivity index (χ2n) is 16.9. The average molecular weight is 1050 g/mol. The number of amides is 2. The lowest BCUT2D eigenvalue weighted by Crippen LogP contribution is -2.43. The maximum atomic E-state index is 16.5.